The van der Waals surface area contributed by atoms with Gasteiger partial charge in [-0.05, 0) is 11.8 Å². The van der Waals surface area contributed by atoms with Crippen LogP contribution < -0.4 is 19.5 Å². The molecule has 1 aromatic heterocycles. The van der Waals surface area contributed by atoms with Gasteiger partial charge >= 0.3 is 6.03 Å². The van der Waals surface area contributed by atoms with Gasteiger partial charge in [0.05, 0.1) is 20.3 Å². The Bertz CT molecular complexity index is 983. The monoisotopic (exact) mass is 460 g/mol. The molecule has 0 bridgehead atoms. The molecular weight excluding hydrogens is 439 g/mol. The number of carbonyl (C=O) groups is 1. The lowest BCUT2D eigenvalue weighted by molar-refractivity contribution is 0.138. The third kappa shape index (κ3) is 5.70. The molecule has 1 atom stereocenters. The molecule has 0 fully saturated rings. The number of anilines is 1. The van der Waals surface area contributed by atoms with Gasteiger partial charge in [0.15, 0.2) is 0 Å². The number of thioether (sulfide) groups is 1. The zero-order valence-electron chi connectivity index (χ0n) is 16.4. The molecule has 30 heavy (non-hydrogen) atoms. The van der Waals surface area contributed by atoms with Crippen molar-refractivity contribution in [3.8, 4) is 11.8 Å². The number of benzene rings is 1. The predicted octanol–water partition coefficient (Wildman–Crippen LogP) is 2.12. The number of hydrogen-bond acceptors (Lipinski definition) is 9. The Kier molecular flexibility index (Phi) is 8.20. The predicted molar refractivity (Wildman–Crippen MR) is 108 cm³/mol. The van der Waals surface area contributed by atoms with E-state index in [-0.39, 0.29) is 33.1 Å². The van der Waals surface area contributed by atoms with E-state index in [2.05, 4.69) is 15.3 Å². The van der Waals surface area contributed by atoms with Crippen molar-refractivity contribution in [2.75, 3.05) is 32.0 Å². The maximum atomic E-state index is 13.1. The maximum Gasteiger partial charge on any atom is 0.335 e. The first-order valence-corrected chi connectivity index (χ1v) is 11.0. The SMILES string of the molecule is CCSc1cccc(C(O)CF)c1S(=O)(=O)NC(=O)Nc1nc(OC)cc(OC)n1. The molecule has 0 aliphatic heterocycles. The summed E-state index contributed by atoms with van der Waals surface area (Å²) < 4.78 is 50.6. The van der Waals surface area contributed by atoms with Crippen molar-refractivity contribution < 1.29 is 32.2 Å². The summed E-state index contributed by atoms with van der Waals surface area (Å²) in [6.45, 7) is 0.610. The Morgan fingerprint density at radius 2 is 1.90 bits per heavy atom. The van der Waals surface area contributed by atoms with Gasteiger partial charge in [-0.25, -0.2) is 22.3 Å². The van der Waals surface area contributed by atoms with Gasteiger partial charge in [-0.15, -0.1) is 11.8 Å². The number of aliphatic hydroxyl groups is 1. The number of nitrogens with one attached hydrogen (secondary N) is 2. The van der Waals surface area contributed by atoms with Crippen molar-refractivity contribution in [1.82, 2.24) is 14.7 Å². The average molecular weight is 461 g/mol. The number of rotatable bonds is 9. The van der Waals surface area contributed by atoms with Crippen molar-refractivity contribution in [1.29, 1.82) is 0 Å². The van der Waals surface area contributed by atoms with Crippen LogP contribution in [0.1, 0.15) is 18.6 Å². The number of aliphatic hydroxyl groups excluding tert-OH is 1. The highest BCUT2D eigenvalue weighted by molar-refractivity contribution is 8.00. The number of aromatic nitrogens is 2. The smallest absolute Gasteiger partial charge is 0.335 e. The summed E-state index contributed by atoms with van der Waals surface area (Å²) in [4.78, 5) is 20.0. The molecule has 13 heteroatoms. The zero-order valence-corrected chi connectivity index (χ0v) is 18.0. The van der Waals surface area contributed by atoms with Gasteiger partial charge in [0, 0.05) is 10.5 Å². The van der Waals surface area contributed by atoms with Crippen LogP contribution in [0.3, 0.4) is 0 Å². The Morgan fingerprint density at radius 3 is 2.43 bits per heavy atom. The van der Waals surface area contributed by atoms with Crippen LogP contribution in [-0.4, -0.2) is 56.2 Å². The van der Waals surface area contributed by atoms with E-state index in [0.717, 1.165) is 0 Å². The average Bonchev–Trinajstić information content (AvgIpc) is 2.72. The first kappa shape index (κ1) is 23.6. The number of sulfonamides is 1. The topological polar surface area (TPSA) is 140 Å². The number of halogens is 1. The summed E-state index contributed by atoms with van der Waals surface area (Å²) in [5, 5.41) is 12.1. The summed E-state index contributed by atoms with van der Waals surface area (Å²) in [7, 11) is -1.79. The number of hydrogen-bond donors (Lipinski definition) is 3. The standard InChI is InChI=1S/C17H21FN4O6S2/c1-4-29-12-7-5-6-10(11(23)9-18)15(12)30(25,26)22-17(24)21-16-19-13(27-2)8-14(20-16)28-3/h5-8,11,23H,4,9H2,1-3H3,(H2,19,20,21,22,24). The number of methoxy groups -OCH3 is 2. The number of alkyl halides is 1. The molecule has 0 aliphatic rings. The zero-order chi connectivity index (χ0) is 22.3. The first-order valence-electron chi connectivity index (χ1n) is 8.56. The largest absolute Gasteiger partial charge is 0.481 e. The van der Waals surface area contributed by atoms with Crippen LogP contribution in [0.4, 0.5) is 15.1 Å². The molecule has 3 N–H and O–H groups in total. The molecule has 164 valence electrons. The molecule has 0 radical (unpaired) electrons. The summed E-state index contributed by atoms with van der Waals surface area (Å²) >= 11 is 1.17. The molecule has 10 nitrogen and oxygen atoms in total. The van der Waals surface area contributed by atoms with Crippen LogP contribution >= 0.6 is 11.8 Å². The number of urea groups is 1. The van der Waals surface area contributed by atoms with Gasteiger partial charge in [0.25, 0.3) is 10.0 Å². The van der Waals surface area contributed by atoms with Crippen LogP contribution in [0.25, 0.3) is 0 Å². The van der Waals surface area contributed by atoms with Crippen LogP contribution in [0.15, 0.2) is 34.1 Å². The van der Waals surface area contributed by atoms with E-state index in [9.17, 15) is 22.7 Å². The van der Waals surface area contributed by atoms with Crippen LogP contribution in [0, 0.1) is 0 Å². The lowest BCUT2D eigenvalue weighted by atomic mass is 10.1. The van der Waals surface area contributed by atoms with E-state index in [1.54, 1.807) is 6.92 Å². The third-order valence-corrected chi connectivity index (χ3v) is 6.15. The fraction of sp³-hybridized carbons (Fsp3) is 0.353. The second kappa shape index (κ2) is 10.4. The van der Waals surface area contributed by atoms with Gasteiger partial charge in [0.1, 0.15) is 17.7 Å². The molecule has 1 unspecified atom stereocenters. The van der Waals surface area contributed by atoms with Gasteiger partial charge in [-0.1, -0.05) is 19.1 Å². The number of nitrogens with zero attached hydrogens (tertiary/aromatic N) is 2. The molecule has 1 heterocycles. The lowest BCUT2D eigenvalue weighted by Gasteiger charge is -2.17. The van der Waals surface area contributed by atoms with E-state index < -0.39 is 28.8 Å². The van der Waals surface area contributed by atoms with Crippen LogP contribution in [-0.2, 0) is 10.0 Å². The highest BCUT2D eigenvalue weighted by Crippen LogP contribution is 2.33. The molecular formula is C17H21FN4O6S2. The van der Waals surface area contributed by atoms with E-state index >= 15 is 0 Å². The number of amides is 2. The van der Waals surface area contributed by atoms with E-state index in [1.807, 2.05) is 4.72 Å². The minimum absolute atomic E-state index is 0.0815. The summed E-state index contributed by atoms with van der Waals surface area (Å²) in [5.41, 5.74) is -0.157. The maximum absolute atomic E-state index is 13.1. The van der Waals surface area contributed by atoms with Gasteiger partial charge < -0.3 is 14.6 Å². The molecule has 1 aromatic carbocycles. The van der Waals surface area contributed by atoms with Crippen molar-refractivity contribution in [3.63, 3.8) is 0 Å². The van der Waals surface area contributed by atoms with E-state index in [4.69, 9.17) is 9.47 Å². The summed E-state index contributed by atoms with van der Waals surface area (Å²) in [5.74, 6) is 0.414. The minimum Gasteiger partial charge on any atom is -0.481 e. The second-order valence-electron chi connectivity index (χ2n) is 5.61. The minimum atomic E-state index is -4.48. The number of carbonyl (C=O) groups excluding carboxylic acids is 1. The molecule has 0 aliphatic carbocycles. The lowest BCUT2D eigenvalue weighted by Crippen LogP contribution is -2.36. The van der Waals surface area contributed by atoms with Gasteiger partial charge in [-0.2, -0.15) is 9.97 Å². The molecule has 0 saturated carbocycles. The summed E-state index contributed by atoms with van der Waals surface area (Å²) in [6, 6.07) is 4.49. The first-order chi connectivity index (χ1) is 14.2. The fourth-order valence-corrected chi connectivity index (χ4v) is 4.89. The Morgan fingerprint density at radius 1 is 1.27 bits per heavy atom. The third-order valence-electron chi connectivity index (χ3n) is 3.63. The van der Waals surface area contributed by atoms with Crippen molar-refractivity contribution >= 4 is 33.8 Å². The Balaban J connectivity index is 2.36. The van der Waals surface area contributed by atoms with E-state index in [0.29, 0.717) is 5.75 Å². The van der Waals surface area contributed by atoms with Crippen molar-refractivity contribution in [2.45, 2.75) is 22.8 Å². The normalized spacial score (nSPS) is 12.2. The van der Waals surface area contributed by atoms with Gasteiger partial charge in [-0.3, -0.25) is 5.32 Å². The molecule has 0 saturated heterocycles. The summed E-state index contributed by atoms with van der Waals surface area (Å²) in [6.07, 6.45) is -1.66. The van der Waals surface area contributed by atoms with Crippen molar-refractivity contribution in [2.24, 2.45) is 0 Å². The van der Waals surface area contributed by atoms with Gasteiger partial charge in [0.2, 0.25) is 17.7 Å². The van der Waals surface area contributed by atoms with Crippen LogP contribution in [0.2, 0.25) is 0 Å². The fourth-order valence-electron chi connectivity index (χ4n) is 2.40. The quantitative estimate of drug-likeness (QED) is 0.480. The van der Waals surface area contributed by atoms with Crippen molar-refractivity contribution in [3.05, 3.63) is 29.8 Å². The Labute approximate surface area is 177 Å². The Hall–Kier alpha value is -2.64. The highest BCUT2D eigenvalue weighted by atomic mass is 32.2. The highest BCUT2D eigenvalue weighted by Gasteiger charge is 2.28. The molecule has 2 aromatic rings. The number of ether oxygens (including phenoxy) is 2. The van der Waals surface area contributed by atoms with Crippen LogP contribution in [0.5, 0.6) is 11.8 Å². The van der Waals surface area contributed by atoms with E-state index in [1.165, 1.54) is 50.2 Å². The molecule has 0 spiro atoms. The second-order valence-corrected chi connectivity index (χ2v) is 8.54. The molecule has 2 rings (SSSR count). The molecule has 2 amide bonds.